The molecule has 16 heavy (non-hydrogen) atoms. The Labute approximate surface area is 96.3 Å². The molecule has 7 heteroatoms. The lowest BCUT2D eigenvalue weighted by Gasteiger charge is -2.10. The maximum atomic E-state index is 13.3. The van der Waals surface area contributed by atoms with Gasteiger partial charge < -0.3 is 4.74 Å². The Morgan fingerprint density at radius 1 is 1.38 bits per heavy atom. The van der Waals surface area contributed by atoms with Gasteiger partial charge in [0.2, 0.25) is 0 Å². The number of rotatable bonds is 2. The standard InChI is InChI=1S/C9H5BrF4O2/c1-4(15)6-2-5(16-9(12,13)14)3-7(10)8(6)11/h2-3H,1H3. The summed E-state index contributed by atoms with van der Waals surface area (Å²) in [5, 5.41) is 0. The molecule has 88 valence electrons. The van der Waals surface area contributed by atoms with Crippen molar-refractivity contribution in [2.75, 3.05) is 0 Å². The van der Waals surface area contributed by atoms with E-state index in [1.165, 1.54) is 0 Å². The Balaban J connectivity index is 3.19. The Morgan fingerprint density at radius 2 is 1.94 bits per heavy atom. The maximum absolute atomic E-state index is 13.3. The molecule has 0 unspecified atom stereocenters. The smallest absolute Gasteiger partial charge is 0.406 e. The molecule has 0 aliphatic carbocycles. The van der Waals surface area contributed by atoms with E-state index in [0.717, 1.165) is 13.0 Å². The first-order chi connectivity index (χ1) is 7.20. The summed E-state index contributed by atoms with van der Waals surface area (Å²) in [6, 6.07) is 1.51. The van der Waals surface area contributed by atoms with Crippen molar-refractivity contribution in [2.45, 2.75) is 13.3 Å². The van der Waals surface area contributed by atoms with E-state index in [1.54, 1.807) is 0 Å². The number of carbonyl (C=O) groups is 1. The Hall–Kier alpha value is -1.11. The summed E-state index contributed by atoms with van der Waals surface area (Å²) in [7, 11) is 0. The highest BCUT2D eigenvalue weighted by atomic mass is 79.9. The van der Waals surface area contributed by atoms with Crippen LogP contribution < -0.4 is 4.74 Å². The van der Waals surface area contributed by atoms with Crippen LogP contribution in [0, 0.1) is 5.82 Å². The zero-order valence-electron chi connectivity index (χ0n) is 7.86. The van der Waals surface area contributed by atoms with Gasteiger partial charge in [0.25, 0.3) is 0 Å². The van der Waals surface area contributed by atoms with E-state index >= 15 is 0 Å². The van der Waals surface area contributed by atoms with Gasteiger partial charge in [-0.3, -0.25) is 4.79 Å². The molecule has 0 heterocycles. The third-order valence-electron chi connectivity index (χ3n) is 1.61. The molecule has 0 aromatic heterocycles. The van der Waals surface area contributed by atoms with Crippen LogP contribution in [-0.4, -0.2) is 12.1 Å². The van der Waals surface area contributed by atoms with Crippen molar-refractivity contribution < 1.29 is 27.1 Å². The fourth-order valence-electron chi connectivity index (χ4n) is 1.01. The summed E-state index contributed by atoms with van der Waals surface area (Å²) in [6.07, 6.45) is -4.88. The van der Waals surface area contributed by atoms with Crippen LogP contribution >= 0.6 is 15.9 Å². The molecule has 1 aromatic carbocycles. The molecule has 1 rings (SSSR count). The van der Waals surface area contributed by atoms with Gasteiger partial charge in [-0.25, -0.2) is 4.39 Å². The van der Waals surface area contributed by atoms with Crippen molar-refractivity contribution in [3.8, 4) is 5.75 Å². The molecule has 0 N–H and O–H groups in total. The Kier molecular flexibility index (Phi) is 3.57. The first-order valence-corrected chi connectivity index (χ1v) is 4.75. The second-order valence-corrected chi connectivity index (χ2v) is 3.72. The lowest BCUT2D eigenvalue weighted by Crippen LogP contribution is -2.17. The van der Waals surface area contributed by atoms with Crippen LogP contribution in [0.15, 0.2) is 16.6 Å². The van der Waals surface area contributed by atoms with E-state index < -0.39 is 29.3 Å². The predicted octanol–water partition coefficient (Wildman–Crippen LogP) is 3.69. The minimum Gasteiger partial charge on any atom is -0.406 e. The molecule has 0 fully saturated rings. The average molecular weight is 301 g/mol. The van der Waals surface area contributed by atoms with E-state index in [1.807, 2.05) is 0 Å². The van der Waals surface area contributed by atoms with E-state index in [4.69, 9.17) is 0 Å². The molecule has 0 atom stereocenters. The molecular weight excluding hydrogens is 296 g/mol. The number of Topliss-reactive ketones (excluding diaryl/α,β-unsaturated/α-hetero) is 1. The summed E-state index contributed by atoms with van der Waals surface area (Å²) in [4.78, 5) is 10.9. The first kappa shape index (κ1) is 13.0. The van der Waals surface area contributed by atoms with Gasteiger partial charge >= 0.3 is 6.36 Å². The highest BCUT2D eigenvalue weighted by molar-refractivity contribution is 9.10. The van der Waals surface area contributed by atoms with Gasteiger partial charge in [-0.05, 0) is 35.0 Å². The van der Waals surface area contributed by atoms with Crippen LogP contribution in [0.5, 0.6) is 5.75 Å². The Morgan fingerprint density at radius 3 is 2.38 bits per heavy atom. The van der Waals surface area contributed by atoms with E-state index in [0.29, 0.717) is 6.07 Å². The van der Waals surface area contributed by atoms with Crippen LogP contribution in [0.25, 0.3) is 0 Å². The number of alkyl halides is 3. The predicted molar refractivity (Wildman–Crippen MR) is 50.8 cm³/mol. The van der Waals surface area contributed by atoms with Crippen molar-refractivity contribution in [3.05, 3.63) is 28.0 Å². The normalized spacial score (nSPS) is 11.4. The van der Waals surface area contributed by atoms with Gasteiger partial charge in [0, 0.05) is 0 Å². The first-order valence-electron chi connectivity index (χ1n) is 3.96. The number of carbonyl (C=O) groups excluding carboxylic acids is 1. The largest absolute Gasteiger partial charge is 0.573 e. The zero-order chi connectivity index (χ0) is 12.5. The van der Waals surface area contributed by atoms with E-state index in [9.17, 15) is 22.4 Å². The average Bonchev–Trinajstić information content (AvgIpc) is 2.07. The minimum absolute atomic E-state index is 0.264. The number of hydrogen-bond acceptors (Lipinski definition) is 2. The molecule has 0 aliphatic heterocycles. The van der Waals surface area contributed by atoms with Gasteiger partial charge in [0.15, 0.2) is 5.78 Å². The molecule has 0 spiro atoms. The van der Waals surface area contributed by atoms with Gasteiger partial charge in [-0.15, -0.1) is 13.2 Å². The zero-order valence-corrected chi connectivity index (χ0v) is 9.45. The molecule has 0 saturated heterocycles. The van der Waals surface area contributed by atoms with Crippen molar-refractivity contribution in [2.24, 2.45) is 0 Å². The number of hydrogen-bond donors (Lipinski definition) is 0. The van der Waals surface area contributed by atoms with E-state index in [2.05, 4.69) is 20.7 Å². The molecule has 1 aromatic rings. The van der Waals surface area contributed by atoms with Crippen molar-refractivity contribution in [1.82, 2.24) is 0 Å². The molecule has 0 amide bonds. The van der Waals surface area contributed by atoms with Gasteiger partial charge in [-0.2, -0.15) is 0 Å². The van der Waals surface area contributed by atoms with Gasteiger partial charge in [0.1, 0.15) is 11.6 Å². The second kappa shape index (κ2) is 4.40. The molecule has 0 radical (unpaired) electrons. The number of halogens is 5. The third-order valence-corrected chi connectivity index (χ3v) is 2.19. The third kappa shape index (κ3) is 3.19. The highest BCUT2D eigenvalue weighted by Crippen LogP contribution is 2.29. The SMILES string of the molecule is CC(=O)c1cc(OC(F)(F)F)cc(Br)c1F. The van der Waals surface area contributed by atoms with Crippen molar-refractivity contribution >= 4 is 21.7 Å². The topological polar surface area (TPSA) is 26.3 Å². The lowest BCUT2D eigenvalue weighted by molar-refractivity contribution is -0.274. The van der Waals surface area contributed by atoms with Crippen LogP contribution in [0.3, 0.4) is 0 Å². The molecular formula is C9H5BrF4O2. The maximum Gasteiger partial charge on any atom is 0.573 e. The quantitative estimate of drug-likeness (QED) is 0.615. The van der Waals surface area contributed by atoms with Crippen molar-refractivity contribution in [3.63, 3.8) is 0 Å². The Bertz CT molecular complexity index is 428. The van der Waals surface area contributed by atoms with Gasteiger partial charge in [0.05, 0.1) is 10.0 Å². The number of benzene rings is 1. The molecule has 0 aliphatic rings. The number of ether oxygens (including phenoxy) is 1. The van der Waals surface area contributed by atoms with E-state index in [-0.39, 0.29) is 4.47 Å². The van der Waals surface area contributed by atoms with Gasteiger partial charge in [-0.1, -0.05) is 0 Å². The summed E-state index contributed by atoms with van der Waals surface area (Å²) >= 11 is 2.70. The molecule has 0 saturated carbocycles. The van der Waals surface area contributed by atoms with Crippen LogP contribution in [0.1, 0.15) is 17.3 Å². The summed E-state index contributed by atoms with van der Waals surface area (Å²) in [5.74, 6) is -2.25. The second-order valence-electron chi connectivity index (χ2n) is 2.87. The van der Waals surface area contributed by atoms with Crippen LogP contribution in [0.4, 0.5) is 17.6 Å². The number of ketones is 1. The molecule has 2 nitrogen and oxygen atoms in total. The highest BCUT2D eigenvalue weighted by Gasteiger charge is 2.31. The fraction of sp³-hybridized carbons (Fsp3) is 0.222. The van der Waals surface area contributed by atoms with Crippen LogP contribution in [-0.2, 0) is 0 Å². The van der Waals surface area contributed by atoms with Crippen LogP contribution in [0.2, 0.25) is 0 Å². The fourth-order valence-corrected chi connectivity index (χ4v) is 1.45. The monoisotopic (exact) mass is 300 g/mol. The lowest BCUT2D eigenvalue weighted by atomic mass is 10.1. The minimum atomic E-state index is -4.88. The van der Waals surface area contributed by atoms with Crippen molar-refractivity contribution in [1.29, 1.82) is 0 Å². The summed E-state index contributed by atoms with van der Waals surface area (Å²) in [6.45, 7) is 1.04. The summed E-state index contributed by atoms with van der Waals surface area (Å²) < 4.78 is 52.2. The summed E-state index contributed by atoms with van der Waals surface area (Å²) in [5.41, 5.74) is -0.464. The molecule has 0 bridgehead atoms.